The first-order chi connectivity index (χ1) is 11.8. The van der Waals surface area contributed by atoms with E-state index >= 15 is 0 Å². The van der Waals surface area contributed by atoms with Gasteiger partial charge in [-0.3, -0.25) is 0 Å². The smallest absolute Gasteiger partial charge is 0.333 e. The van der Waals surface area contributed by atoms with Crippen LogP contribution in [0.3, 0.4) is 0 Å². The van der Waals surface area contributed by atoms with Crippen molar-refractivity contribution < 1.29 is 19.4 Å². The van der Waals surface area contributed by atoms with Crippen molar-refractivity contribution in [2.24, 2.45) is 0 Å². The number of ether oxygens (including phenoxy) is 2. The molecule has 0 aliphatic rings. The molecule has 0 spiro atoms. The number of aliphatic carboxylic acids is 1. The lowest BCUT2D eigenvalue weighted by Crippen LogP contribution is -2.41. The first-order valence-corrected chi connectivity index (χ1v) is 7.60. The third kappa shape index (κ3) is 3.50. The Kier molecular flexibility index (Phi) is 5.18. The van der Waals surface area contributed by atoms with Crippen molar-refractivity contribution in [1.29, 1.82) is 5.26 Å². The summed E-state index contributed by atoms with van der Waals surface area (Å²) >= 11 is 0. The number of carboxylic acids is 1. The lowest BCUT2D eigenvalue weighted by Gasteiger charge is -2.30. The largest absolute Gasteiger partial charge is 0.497 e. The highest BCUT2D eigenvalue weighted by Gasteiger charge is 2.38. The molecule has 0 aliphatic heterocycles. The molecule has 1 atom stereocenters. The summed E-state index contributed by atoms with van der Waals surface area (Å²) in [5.74, 6) is 0.00488. The summed E-state index contributed by atoms with van der Waals surface area (Å²) in [5.41, 5.74) is 0.905. The highest BCUT2D eigenvalue weighted by molar-refractivity contribution is 5.85. The highest BCUT2D eigenvalue weighted by Crippen LogP contribution is 2.36. The number of benzene rings is 2. The Bertz CT molecular complexity index is 825. The van der Waals surface area contributed by atoms with Gasteiger partial charge in [0.25, 0.3) is 0 Å². The first-order valence-electron chi connectivity index (χ1n) is 7.60. The summed E-state index contributed by atoms with van der Waals surface area (Å²) in [6.07, 6.45) is 0. The topological polar surface area (TPSA) is 91.6 Å². The molecule has 130 valence electrons. The Morgan fingerprint density at radius 1 is 1.20 bits per heavy atom. The van der Waals surface area contributed by atoms with Crippen molar-refractivity contribution in [3.63, 3.8) is 0 Å². The monoisotopic (exact) mass is 340 g/mol. The van der Waals surface area contributed by atoms with Gasteiger partial charge in [-0.25, -0.2) is 4.79 Å². The summed E-state index contributed by atoms with van der Waals surface area (Å²) < 4.78 is 10.6. The first kappa shape index (κ1) is 18.1. The maximum atomic E-state index is 12.1. The Morgan fingerprint density at radius 3 is 2.32 bits per heavy atom. The third-order valence-corrected chi connectivity index (χ3v) is 4.16. The van der Waals surface area contributed by atoms with E-state index in [-0.39, 0.29) is 0 Å². The van der Waals surface area contributed by atoms with Gasteiger partial charge in [0.05, 0.1) is 25.9 Å². The van der Waals surface area contributed by atoms with E-state index in [2.05, 4.69) is 5.32 Å². The van der Waals surface area contributed by atoms with E-state index in [1.54, 1.807) is 50.2 Å². The van der Waals surface area contributed by atoms with Gasteiger partial charge in [-0.2, -0.15) is 5.26 Å². The van der Waals surface area contributed by atoms with Gasteiger partial charge >= 0.3 is 5.97 Å². The Labute approximate surface area is 146 Å². The van der Waals surface area contributed by atoms with E-state index in [1.165, 1.54) is 14.2 Å². The second-order valence-electron chi connectivity index (χ2n) is 5.75. The van der Waals surface area contributed by atoms with Gasteiger partial charge in [0.15, 0.2) is 5.54 Å². The highest BCUT2D eigenvalue weighted by atomic mass is 16.5. The van der Waals surface area contributed by atoms with Crippen LogP contribution in [-0.4, -0.2) is 25.3 Å². The second kappa shape index (κ2) is 7.14. The molecule has 0 bridgehead atoms. The molecule has 0 heterocycles. The Hall–Kier alpha value is -3.20. The fraction of sp³-hybridized carbons (Fsp3) is 0.263. The average molecular weight is 340 g/mol. The Balaban J connectivity index is 2.56. The van der Waals surface area contributed by atoms with Crippen molar-refractivity contribution in [2.45, 2.75) is 19.4 Å². The number of hydrogen-bond donors (Lipinski definition) is 2. The fourth-order valence-electron chi connectivity index (χ4n) is 2.66. The molecule has 0 aromatic heterocycles. The molecule has 25 heavy (non-hydrogen) atoms. The molecule has 1 unspecified atom stereocenters. The van der Waals surface area contributed by atoms with Crippen LogP contribution in [0.2, 0.25) is 0 Å². The molecular formula is C19H20N2O4. The summed E-state index contributed by atoms with van der Waals surface area (Å²) in [4.78, 5) is 12.1. The third-order valence-electron chi connectivity index (χ3n) is 4.16. The number of methoxy groups -OCH3 is 2. The van der Waals surface area contributed by atoms with Crippen molar-refractivity contribution >= 4 is 11.7 Å². The number of carbonyl (C=O) groups is 1. The van der Waals surface area contributed by atoms with Crippen molar-refractivity contribution in [3.05, 3.63) is 53.1 Å². The van der Waals surface area contributed by atoms with Crippen LogP contribution in [-0.2, 0) is 10.3 Å². The maximum absolute atomic E-state index is 12.1. The quantitative estimate of drug-likeness (QED) is 0.838. The SMILES string of the molecule is COc1cc(OC)c(C)c(C(C)(Nc2ccc(C#N)cc2)C(=O)O)c1. The zero-order valence-corrected chi connectivity index (χ0v) is 14.6. The van der Waals surface area contributed by atoms with Crippen molar-refractivity contribution in [2.75, 3.05) is 19.5 Å². The lowest BCUT2D eigenvalue weighted by atomic mass is 9.87. The van der Waals surface area contributed by atoms with Gasteiger partial charge < -0.3 is 19.9 Å². The number of nitrogens with one attached hydrogen (secondary N) is 1. The standard InChI is InChI=1S/C19H20N2O4/c1-12-16(9-15(24-3)10-17(12)25-4)19(2,18(22)23)21-14-7-5-13(11-20)6-8-14/h5-10,21H,1-4H3,(H,22,23). The predicted molar refractivity (Wildman–Crippen MR) is 94.1 cm³/mol. The molecule has 2 aromatic carbocycles. The minimum absolute atomic E-state index is 0.502. The fourth-order valence-corrected chi connectivity index (χ4v) is 2.66. The molecular weight excluding hydrogens is 320 g/mol. The number of nitrogens with zero attached hydrogens (tertiary/aromatic N) is 1. The number of carboxylic acid groups (broad SMARTS) is 1. The van der Waals surface area contributed by atoms with E-state index in [9.17, 15) is 9.90 Å². The number of rotatable bonds is 6. The minimum Gasteiger partial charge on any atom is -0.497 e. The number of hydrogen-bond acceptors (Lipinski definition) is 5. The summed E-state index contributed by atoms with van der Waals surface area (Å²) in [7, 11) is 3.04. The molecule has 6 heteroatoms. The van der Waals surface area contributed by atoms with Gasteiger partial charge in [-0.05, 0) is 55.3 Å². The lowest BCUT2D eigenvalue weighted by molar-refractivity contribution is -0.142. The van der Waals surface area contributed by atoms with Crippen LogP contribution in [0.1, 0.15) is 23.6 Å². The average Bonchev–Trinajstić information content (AvgIpc) is 2.62. The molecule has 0 amide bonds. The van der Waals surface area contributed by atoms with Crippen LogP contribution in [0.4, 0.5) is 5.69 Å². The van der Waals surface area contributed by atoms with Gasteiger partial charge in [0.2, 0.25) is 0 Å². The maximum Gasteiger partial charge on any atom is 0.333 e. The van der Waals surface area contributed by atoms with Gasteiger partial charge in [-0.15, -0.1) is 0 Å². The molecule has 0 saturated heterocycles. The summed E-state index contributed by atoms with van der Waals surface area (Å²) in [5, 5.41) is 21.8. The molecule has 0 saturated carbocycles. The summed E-state index contributed by atoms with van der Waals surface area (Å²) in [6, 6.07) is 12.0. The molecule has 2 N–H and O–H groups in total. The van der Waals surface area contributed by atoms with E-state index in [4.69, 9.17) is 14.7 Å². The normalized spacial score (nSPS) is 12.6. The molecule has 0 aliphatic carbocycles. The van der Waals surface area contributed by atoms with Crippen molar-refractivity contribution in [1.82, 2.24) is 0 Å². The zero-order valence-electron chi connectivity index (χ0n) is 14.6. The van der Waals surface area contributed by atoms with E-state index < -0.39 is 11.5 Å². The van der Waals surface area contributed by atoms with Crippen LogP contribution in [0, 0.1) is 18.3 Å². The van der Waals surface area contributed by atoms with E-state index in [0.717, 1.165) is 0 Å². The molecule has 2 aromatic rings. The van der Waals surface area contributed by atoms with Crippen LogP contribution in [0.5, 0.6) is 11.5 Å². The van der Waals surface area contributed by atoms with Crippen LogP contribution < -0.4 is 14.8 Å². The van der Waals surface area contributed by atoms with Crippen LogP contribution in [0.15, 0.2) is 36.4 Å². The molecule has 2 rings (SSSR count). The van der Waals surface area contributed by atoms with E-state index in [0.29, 0.717) is 33.9 Å². The van der Waals surface area contributed by atoms with Gasteiger partial charge in [-0.1, -0.05) is 0 Å². The van der Waals surface area contributed by atoms with Crippen molar-refractivity contribution in [3.8, 4) is 17.6 Å². The molecule has 0 radical (unpaired) electrons. The zero-order chi connectivity index (χ0) is 18.6. The van der Waals surface area contributed by atoms with Gasteiger partial charge in [0, 0.05) is 11.8 Å². The van der Waals surface area contributed by atoms with Crippen LogP contribution >= 0.6 is 0 Å². The van der Waals surface area contributed by atoms with Gasteiger partial charge in [0.1, 0.15) is 11.5 Å². The second-order valence-corrected chi connectivity index (χ2v) is 5.75. The Morgan fingerprint density at radius 2 is 1.84 bits per heavy atom. The minimum atomic E-state index is -1.42. The number of nitriles is 1. The van der Waals surface area contributed by atoms with E-state index in [1.807, 2.05) is 6.07 Å². The predicted octanol–water partition coefficient (Wildman–Crippen LogP) is 3.30. The molecule has 0 fully saturated rings. The molecule has 6 nitrogen and oxygen atoms in total. The summed E-state index contributed by atoms with van der Waals surface area (Å²) in [6.45, 7) is 3.38. The number of anilines is 1. The van der Waals surface area contributed by atoms with Crippen LogP contribution in [0.25, 0.3) is 0 Å².